The summed E-state index contributed by atoms with van der Waals surface area (Å²) in [6, 6.07) is 0.0942. The first-order valence-electron chi connectivity index (χ1n) is 10.2. The zero-order chi connectivity index (χ0) is 27.3. The maximum atomic E-state index is 11.7. The highest BCUT2D eigenvalue weighted by molar-refractivity contribution is 6.54. The van der Waals surface area contributed by atoms with Crippen LogP contribution in [-0.2, 0) is 9.59 Å². The molecule has 37 heavy (non-hydrogen) atoms. The van der Waals surface area contributed by atoms with Gasteiger partial charge in [-0.15, -0.1) is 0 Å². The third kappa shape index (κ3) is 6.90. The van der Waals surface area contributed by atoms with Gasteiger partial charge in [0.15, 0.2) is 5.75 Å². The number of ether oxygens (including phenoxy) is 1. The van der Waals surface area contributed by atoms with E-state index in [9.17, 15) is 18.0 Å². The second kappa shape index (κ2) is 11.8. The smallest absolute Gasteiger partial charge is 0.475 e. The quantitative estimate of drug-likeness (QED) is 0.462. The number of anilines is 1. The molecular weight excluding hydrogens is 566 g/mol. The van der Waals surface area contributed by atoms with Gasteiger partial charge >= 0.3 is 18.2 Å². The fourth-order valence-corrected chi connectivity index (χ4v) is 3.81. The Hall–Kier alpha value is -3.36. The molecule has 1 amide bonds. The molecule has 2 N–H and O–H groups in total. The Balaban J connectivity index is 0.000000479. The largest absolute Gasteiger partial charge is 0.490 e. The van der Waals surface area contributed by atoms with E-state index in [1.54, 1.807) is 11.8 Å². The maximum Gasteiger partial charge on any atom is 0.490 e. The molecule has 198 valence electrons. The minimum Gasteiger partial charge on any atom is -0.475 e. The van der Waals surface area contributed by atoms with E-state index in [4.69, 9.17) is 49.4 Å². The molecule has 1 aliphatic rings. The number of hydrogen-bond acceptors (Lipinski definition) is 8. The van der Waals surface area contributed by atoms with Crippen molar-refractivity contribution in [1.82, 2.24) is 29.8 Å². The topological polar surface area (TPSA) is 137 Å². The highest BCUT2D eigenvalue weighted by Crippen LogP contribution is 2.39. The predicted molar refractivity (Wildman–Crippen MR) is 129 cm³/mol. The first-order chi connectivity index (χ1) is 17.4. The summed E-state index contributed by atoms with van der Waals surface area (Å²) in [6.07, 6.45) is -0.674. The van der Waals surface area contributed by atoms with Gasteiger partial charge in [-0.2, -0.15) is 23.1 Å². The number of piperazine rings is 1. The first-order valence-corrected chi connectivity index (χ1v) is 11.4. The molecular formula is C20H17Cl3F3N7O4. The van der Waals surface area contributed by atoms with Crippen LogP contribution in [-0.4, -0.2) is 79.2 Å². The van der Waals surface area contributed by atoms with E-state index in [2.05, 4.69) is 24.9 Å². The Morgan fingerprint density at radius 3 is 2.27 bits per heavy atom. The molecule has 0 aromatic carbocycles. The van der Waals surface area contributed by atoms with Crippen LogP contribution >= 0.6 is 34.8 Å². The van der Waals surface area contributed by atoms with E-state index in [-0.39, 0.29) is 16.9 Å². The highest BCUT2D eigenvalue weighted by atomic mass is 35.5. The van der Waals surface area contributed by atoms with Gasteiger partial charge in [-0.3, -0.25) is 4.79 Å². The summed E-state index contributed by atoms with van der Waals surface area (Å²) < 4.78 is 37.5. The molecule has 0 spiro atoms. The monoisotopic (exact) mass is 581 g/mol. The summed E-state index contributed by atoms with van der Waals surface area (Å²) in [7, 11) is 0. The Morgan fingerprint density at radius 2 is 1.76 bits per heavy atom. The second-order valence-corrected chi connectivity index (χ2v) is 8.30. The molecule has 0 atom stereocenters. The van der Waals surface area contributed by atoms with Crippen LogP contribution in [0.15, 0.2) is 24.3 Å². The number of carboxylic acid groups (broad SMARTS) is 1. The molecule has 3 aromatic rings. The zero-order valence-electron chi connectivity index (χ0n) is 18.8. The van der Waals surface area contributed by atoms with Gasteiger partial charge in [-0.05, 0) is 0 Å². The number of nitrogens with zero attached hydrogens (tertiary/aromatic N) is 6. The van der Waals surface area contributed by atoms with Gasteiger partial charge in [0.05, 0.1) is 33.5 Å². The fraction of sp³-hybridized carbons (Fsp3) is 0.300. The van der Waals surface area contributed by atoms with Crippen LogP contribution < -0.4 is 9.64 Å². The van der Waals surface area contributed by atoms with E-state index in [0.717, 1.165) is 0 Å². The Labute approximate surface area is 221 Å². The van der Waals surface area contributed by atoms with E-state index in [1.165, 1.54) is 24.3 Å². The minimum atomic E-state index is -5.08. The molecule has 0 saturated carbocycles. The number of rotatable bonds is 4. The van der Waals surface area contributed by atoms with Crippen molar-refractivity contribution in [3.05, 3.63) is 35.0 Å². The van der Waals surface area contributed by atoms with Gasteiger partial charge in [-0.25, -0.2) is 14.8 Å². The van der Waals surface area contributed by atoms with Gasteiger partial charge in [-0.1, -0.05) is 34.8 Å². The standard InChI is InChI=1S/C18H16Cl3N7O2.C2HF3O2/c1-10(29)27-2-4-28(5-3-27)17-13-14(21)15(12(20)6-19)24-16(13)25-18(26-17)30-11-7-22-9-23-8-11;3-2(4,5)1(6)7/h6-9H,2-5H2,1H3,(H,24,25,26);(H,6,7)/b12-6-;. The summed E-state index contributed by atoms with van der Waals surface area (Å²) in [5, 5.41) is 8.31. The van der Waals surface area contributed by atoms with Gasteiger partial charge in [0.1, 0.15) is 17.8 Å². The number of carboxylic acids is 1. The third-order valence-corrected chi connectivity index (χ3v) is 5.91. The molecule has 1 fully saturated rings. The summed E-state index contributed by atoms with van der Waals surface area (Å²) in [5.41, 5.74) is 2.09. The number of aromatic amines is 1. The molecule has 4 rings (SSSR count). The van der Waals surface area contributed by atoms with Crippen molar-refractivity contribution in [3.63, 3.8) is 0 Å². The maximum absolute atomic E-state index is 11.7. The number of carbonyl (C=O) groups is 2. The Morgan fingerprint density at radius 1 is 1.16 bits per heavy atom. The minimum absolute atomic E-state index is 0.0385. The molecule has 0 aliphatic carbocycles. The molecule has 17 heteroatoms. The fourth-order valence-electron chi connectivity index (χ4n) is 3.19. The molecule has 0 radical (unpaired) electrons. The predicted octanol–water partition coefficient (Wildman–Crippen LogP) is 4.27. The normalized spacial score (nSPS) is 14.3. The number of amides is 1. The lowest BCUT2D eigenvalue weighted by Crippen LogP contribution is -2.48. The van der Waals surface area contributed by atoms with Gasteiger partial charge < -0.3 is 24.6 Å². The van der Waals surface area contributed by atoms with E-state index in [1.807, 2.05) is 4.90 Å². The lowest BCUT2D eigenvalue weighted by atomic mass is 10.2. The van der Waals surface area contributed by atoms with Crippen molar-refractivity contribution >= 4 is 68.6 Å². The third-order valence-electron chi connectivity index (χ3n) is 4.90. The average Bonchev–Trinajstić information content (AvgIpc) is 3.19. The summed E-state index contributed by atoms with van der Waals surface area (Å²) in [4.78, 5) is 44.3. The second-order valence-electron chi connectivity index (χ2n) is 7.30. The van der Waals surface area contributed by atoms with Crippen molar-refractivity contribution in [2.75, 3.05) is 31.1 Å². The van der Waals surface area contributed by atoms with Crippen LogP contribution in [0.5, 0.6) is 11.8 Å². The Bertz CT molecular complexity index is 1310. The van der Waals surface area contributed by atoms with Crippen LogP contribution in [0, 0.1) is 0 Å². The van der Waals surface area contributed by atoms with Crippen LogP contribution in [0.25, 0.3) is 16.1 Å². The molecule has 0 unspecified atom stereocenters. The van der Waals surface area contributed by atoms with Crippen molar-refractivity contribution in [1.29, 1.82) is 0 Å². The number of aromatic nitrogens is 5. The van der Waals surface area contributed by atoms with Crippen molar-refractivity contribution in [3.8, 4) is 11.8 Å². The van der Waals surface area contributed by atoms with E-state index in [0.29, 0.717) is 59.5 Å². The molecule has 1 aliphatic heterocycles. The lowest BCUT2D eigenvalue weighted by Gasteiger charge is -2.35. The average molecular weight is 583 g/mol. The number of H-pyrrole nitrogens is 1. The molecule has 11 nitrogen and oxygen atoms in total. The van der Waals surface area contributed by atoms with Crippen molar-refractivity contribution in [2.45, 2.75) is 13.1 Å². The number of hydrogen-bond donors (Lipinski definition) is 2. The van der Waals surface area contributed by atoms with Crippen LogP contribution in [0.3, 0.4) is 0 Å². The number of alkyl halides is 3. The zero-order valence-corrected chi connectivity index (χ0v) is 21.0. The van der Waals surface area contributed by atoms with E-state index < -0.39 is 12.1 Å². The number of halogens is 6. The van der Waals surface area contributed by atoms with Crippen molar-refractivity contribution < 1.29 is 32.6 Å². The number of carbonyl (C=O) groups excluding carboxylic acids is 1. The Kier molecular flexibility index (Phi) is 8.99. The molecule has 3 aromatic heterocycles. The van der Waals surface area contributed by atoms with Crippen molar-refractivity contribution in [2.24, 2.45) is 0 Å². The van der Waals surface area contributed by atoms with Crippen LogP contribution in [0.4, 0.5) is 19.0 Å². The van der Waals surface area contributed by atoms with Gasteiger partial charge in [0.25, 0.3) is 0 Å². The molecule has 0 bridgehead atoms. The van der Waals surface area contributed by atoms with Crippen LogP contribution in [0.1, 0.15) is 12.6 Å². The molecule has 4 heterocycles. The number of aliphatic carboxylic acids is 1. The SMILES string of the molecule is CC(=O)N1CCN(c2nc(Oc3cncnc3)nc3[nH]c(/C(Cl)=C/Cl)c(Cl)c23)CC1.O=C(O)C(F)(F)F. The van der Waals surface area contributed by atoms with Gasteiger partial charge in [0, 0.05) is 38.6 Å². The highest BCUT2D eigenvalue weighted by Gasteiger charge is 2.38. The van der Waals surface area contributed by atoms with Crippen LogP contribution in [0.2, 0.25) is 5.02 Å². The lowest BCUT2D eigenvalue weighted by molar-refractivity contribution is -0.192. The first kappa shape index (κ1) is 28.2. The summed E-state index contributed by atoms with van der Waals surface area (Å²) in [6.45, 7) is 3.86. The van der Waals surface area contributed by atoms with Gasteiger partial charge in [0.2, 0.25) is 5.91 Å². The number of nitrogens with one attached hydrogen (secondary N) is 1. The summed E-state index contributed by atoms with van der Waals surface area (Å²) in [5.74, 6) is -1.76. The molecule has 1 saturated heterocycles. The number of fused-ring (bicyclic) bond motifs is 1. The van der Waals surface area contributed by atoms with E-state index >= 15 is 0 Å². The summed E-state index contributed by atoms with van der Waals surface area (Å²) >= 11 is 18.6.